The number of fused-ring (bicyclic) bond motifs is 3. The first kappa shape index (κ1) is 32.7. The summed E-state index contributed by atoms with van der Waals surface area (Å²) in [5.41, 5.74) is 3.77. The maximum atomic E-state index is 15.5. The molecule has 2 fully saturated rings. The van der Waals surface area contributed by atoms with Crippen LogP contribution in [0.5, 0.6) is 0 Å². The van der Waals surface area contributed by atoms with Crippen molar-refractivity contribution < 1.29 is 18.7 Å². The maximum Gasteiger partial charge on any atom is 0.279 e. The summed E-state index contributed by atoms with van der Waals surface area (Å²) < 4.78 is 24.1. The number of hydrogen-bond donors (Lipinski definition) is 1. The van der Waals surface area contributed by atoms with Crippen molar-refractivity contribution in [3.05, 3.63) is 86.9 Å². The molecule has 13 heteroatoms. The van der Waals surface area contributed by atoms with E-state index in [1.165, 1.54) is 15.7 Å². The third kappa shape index (κ3) is 6.01. The van der Waals surface area contributed by atoms with Gasteiger partial charge in [0.1, 0.15) is 23.0 Å². The first-order valence-corrected chi connectivity index (χ1v) is 16.8. The number of ether oxygens (including phenoxy) is 1. The summed E-state index contributed by atoms with van der Waals surface area (Å²) in [6.07, 6.45) is 10.8. The van der Waals surface area contributed by atoms with E-state index in [1.54, 1.807) is 36.0 Å². The molecule has 4 aliphatic rings. The molecule has 0 radical (unpaired) electrons. The molecular weight excluding hydrogens is 627 g/mol. The van der Waals surface area contributed by atoms with Crippen LogP contribution in [0.2, 0.25) is 0 Å². The average Bonchev–Trinajstić information content (AvgIpc) is 3.39. The number of amides is 1. The predicted molar refractivity (Wildman–Crippen MR) is 186 cm³/mol. The van der Waals surface area contributed by atoms with Crippen molar-refractivity contribution in [2.45, 2.75) is 45.2 Å². The summed E-state index contributed by atoms with van der Waals surface area (Å²) in [4.78, 5) is 54.4. The number of pyridine rings is 2. The van der Waals surface area contributed by atoms with Crippen LogP contribution < -0.4 is 15.8 Å². The van der Waals surface area contributed by atoms with Crippen LogP contribution in [0.15, 0.2) is 58.0 Å². The van der Waals surface area contributed by atoms with Crippen LogP contribution in [0.25, 0.3) is 11.1 Å². The number of hydrogen-bond acceptors (Lipinski definition) is 9. The number of nitrogens with one attached hydrogen (secondary N) is 1. The summed E-state index contributed by atoms with van der Waals surface area (Å²) in [5, 5.41) is 3.11. The molecule has 0 spiro atoms. The Kier molecular flexibility index (Phi) is 9.03. The van der Waals surface area contributed by atoms with Crippen LogP contribution in [0.3, 0.4) is 0 Å². The normalized spacial score (nSPS) is 19.0. The molecule has 49 heavy (non-hydrogen) atoms. The highest BCUT2D eigenvalue weighted by Gasteiger charge is 2.36. The lowest BCUT2D eigenvalue weighted by atomic mass is 9.97. The van der Waals surface area contributed by atoms with Crippen molar-refractivity contribution in [2.24, 2.45) is 12.0 Å². The lowest BCUT2D eigenvalue weighted by Gasteiger charge is -2.43. The Balaban J connectivity index is 1.14. The molecule has 1 aliphatic carbocycles. The average molecular weight is 669 g/mol. The van der Waals surface area contributed by atoms with Crippen LogP contribution in [0.4, 0.5) is 15.9 Å². The molecule has 0 bridgehead atoms. The molecule has 0 aromatic carbocycles. The van der Waals surface area contributed by atoms with Crippen molar-refractivity contribution in [3.8, 4) is 11.1 Å². The van der Waals surface area contributed by atoms with Crippen LogP contribution in [-0.2, 0) is 31.2 Å². The molecule has 0 saturated carbocycles. The van der Waals surface area contributed by atoms with E-state index < -0.39 is 11.7 Å². The fourth-order valence-corrected chi connectivity index (χ4v) is 7.35. The van der Waals surface area contributed by atoms with E-state index in [4.69, 9.17) is 4.74 Å². The van der Waals surface area contributed by atoms with E-state index in [2.05, 4.69) is 31.8 Å². The fraction of sp³-hybridized carbons (Fsp3) is 0.417. The molecular formula is C36H41FN8O4. The van der Waals surface area contributed by atoms with E-state index in [0.717, 1.165) is 70.0 Å². The van der Waals surface area contributed by atoms with Gasteiger partial charge in [-0.25, -0.2) is 14.4 Å². The number of allylic oxidation sites excluding steroid dienone is 3. The Hall–Kier alpha value is -4.88. The Morgan fingerprint density at radius 2 is 1.88 bits per heavy atom. The zero-order valence-corrected chi connectivity index (χ0v) is 28.0. The lowest BCUT2D eigenvalue weighted by Crippen LogP contribution is -2.56. The van der Waals surface area contributed by atoms with Gasteiger partial charge in [-0.3, -0.25) is 24.2 Å². The number of anilines is 2. The largest absolute Gasteiger partial charge is 0.378 e. The Labute approximate surface area is 284 Å². The molecule has 6 heterocycles. The standard InChI is InChI=1S/C36H41FN8O4/c1-23(42-12-14-43(15-13-42)25-21-49-22-25)8-9-31(38-2)40-29-18-24(19-41(3)35(29)47)26-10-11-39-34(28(26)20-46)45-17-16-44-30-7-5-4-6-27(30)32(37)33(44)36(45)48/h8-11,18-20,25,40H,2,4-7,12-17,21-22H2,1,3H3/b23-8+,31-9+. The smallest absolute Gasteiger partial charge is 0.279 e. The molecule has 3 aliphatic heterocycles. The van der Waals surface area contributed by atoms with Crippen molar-refractivity contribution in [3.63, 3.8) is 0 Å². The molecule has 12 nitrogen and oxygen atoms in total. The molecule has 2 saturated heterocycles. The summed E-state index contributed by atoms with van der Waals surface area (Å²) in [6, 6.07) is 3.84. The highest BCUT2D eigenvalue weighted by atomic mass is 19.1. The third-order valence-electron chi connectivity index (χ3n) is 10.2. The molecule has 3 aromatic rings. The molecule has 1 N–H and O–H groups in total. The second kappa shape index (κ2) is 13.6. The Bertz CT molecular complexity index is 1930. The Morgan fingerprint density at radius 3 is 2.59 bits per heavy atom. The summed E-state index contributed by atoms with van der Waals surface area (Å²) in [6.45, 7) is 11.8. The SMILES string of the molecule is C=N/C(=C\C=C(/C)N1CCN(C2COC2)CC1)Nc1cc(-c2ccnc(N3CCn4c5c(c(F)c4C3=O)CCCC5)c2C=O)cn(C)c1=O. The van der Waals surface area contributed by atoms with Crippen molar-refractivity contribution in [2.75, 3.05) is 56.2 Å². The van der Waals surface area contributed by atoms with Crippen molar-refractivity contribution >= 4 is 30.4 Å². The first-order chi connectivity index (χ1) is 23.8. The van der Waals surface area contributed by atoms with Crippen molar-refractivity contribution in [1.29, 1.82) is 0 Å². The van der Waals surface area contributed by atoms with Gasteiger partial charge in [-0.15, -0.1) is 0 Å². The number of carbonyl (C=O) groups excluding carboxylic acids is 2. The van der Waals surface area contributed by atoms with Gasteiger partial charge in [0.15, 0.2) is 12.1 Å². The van der Waals surface area contributed by atoms with Crippen LogP contribution in [-0.4, -0.2) is 94.8 Å². The second-order valence-corrected chi connectivity index (χ2v) is 13.0. The number of piperazine rings is 1. The number of rotatable bonds is 9. The zero-order chi connectivity index (χ0) is 34.2. The molecule has 7 rings (SSSR count). The zero-order valence-electron chi connectivity index (χ0n) is 28.0. The minimum atomic E-state index is -0.515. The van der Waals surface area contributed by atoms with E-state index in [9.17, 15) is 14.4 Å². The lowest BCUT2D eigenvalue weighted by molar-refractivity contribution is -0.0747. The first-order valence-electron chi connectivity index (χ1n) is 16.8. The number of nitrogens with zero attached hydrogens (tertiary/aromatic N) is 7. The van der Waals surface area contributed by atoms with Crippen LogP contribution in [0, 0.1) is 5.82 Å². The second-order valence-electron chi connectivity index (χ2n) is 13.0. The fourth-order valence-electron chi connectivity index (χ4n) is 7.35. The molecule has 0 unspecified atom stereocenters. The number of halogens is 1. The number of carbonyl (C=O) groups is 2. The molecule has 3 aromatic heterocycles. The summed E-state index contributed by atoms with van der Waals surface area (Å²) in [5.74, 6) is -0.439. The third-order valence-corrected chi connectivity index (χ3v) is 10.2. The van der Waals surface area contributed by atoms with E-state index in [-0.39, 0.29) is 34.9 Å². The molecule has 1 amide bonds. The van der Waals surface area contributed by atoms with Gasteiger partial charge in [0.05, 0.1) is 24.8 Å². The van der Waals surface area contributed by atoms with Crippen LogP contribution >= 0.6 is 0 Å². The van der Waals surface area contributed by atoms with Gasteiger partial charge in [0.2, 0.25) is 0 Å². The Morgan fingerprint density at radius 1 is 1.10 bits per heavy atom. The minimum absolute atomic E-state index is 0.0300. The minimum Gasteiger partial charge on any atom is -0.378 e. The topological polar surface area (TPSA) is 117 Å². The monoisotopic (exact) mass is 668 g/mol. The predicted octanol–water partition coefficient (Wildman–Crippen LogP) is 3.61. The van der Waals surface area contributed by atoms with E-state index in [0.29, 0.717) is 47.8 Å². The van der Waals surface area contributed by atoms with Crippen LogP contribution in [0.1, 0.15) is 51.9 Å². The van der Waals surface area contributed by atoms with Gasteiger partial charge < -0.3 is 24.1 Å². The van der Waals surface area contributed by atoms with Gasteiger partial charge in [-0.1, -0.05) is 0 Å². The quantitative estimate of drug-likeness (QED) is 0.209. The molecule has 0 atom stereocenters. The maximum absolute atomic E-state index is 15.5. The van der Waals surface area contributed by atoms with E-state index in [1.807, 2.05) is 13.0 Å². The van der Waals surface area contributed by atoms with Gasteiger partial charge in [0.25, 0.3) is 11.5 Å². The highest BCUT2D eigenvalue weighted by Crippen LogP contribution is 2.35. The van der Waals surface area contributed by atoms with Gasteiger partial charge >= 0.3 is 0 Å². The van der Waals surface area contributed by atoms with Crippen molar-refractivity contribution in [1.82, 2.24) is 23.9 Å². The number of aryl methyl sites for hydroxylation is 1. The number of aromatic nitrogens is 3. The summed E-state index contributed by atoms with van der Waals surface area (Å²) >= 11 is 0. The highest BCUT2D eigenvalue weighted by molar-refractivity contribution is 6.09. The van der Waals surface area contributed by atoms with Gasteiger partial charge in [-0.2, -0.15) is 0 Å². The van der Waals surface area contributed by atoms with Gasteiger partial charge in [-0.05, 0) is 69.2 Å². The number of aldehydes is 1. The van der Waals surface area contributed by atoms with E-state index >= 15 is 4.39 Å². The van der Waals surface area contributed by atoms with Gasteiger partial charge in [0, 0.05) is 81.2 Å². The summed E-state index contributed by atoms with van der Waals surface area (Å²) in [7, 11) is 1.62. The number of aliphatic imine (C=N–C) groups is 1. The molecule has 256 valence electrons.